The fourth-order valence-corrected chi connectivity index (χ4v) is 3.88. The van der Waals surface area contributed by atoms with Crippen molar-refractivity contribution >= 4 is 11.8 Å². The Labute approximate surface area is 159 Å². The second kappa shape index (κ2) is 8.69. The number of likely N-dealkylation sites (tertiary alicyclic amines) is 1. The molecule has 1 atom stereocenters. The predicted octanol–water partition coefficient (Wildman–Crippen LogP) is 1.94. The van der Waals surface area contributed by atoms with Gasteiger partial charge in [0.2, 0.25) is 5.91 Å². The van der Waals surface area contributed by atoms with Gasteiger partial charge >= 0.3 is 0 Å². The van der Waals surface area contributed by atoms with E-state index in [0.29, 0.717) is 19.5 Å². The number of amides is 2. The molecule has 27 heavy (non-hydrogen) atoms. The van der Waals surface area contributed by atoms with Gasteiger partial charge in [-0.2, -0.15) is 0 Å². The fraction of sp³-hybridized carbons (Fsp3) is 0.600. The summed E-state index contributed by atoms with van der Waals surface area (Å²) in [5, 5.41) is 9.86. The summed E-state index contributed by atoms with van der Waals surface area (Å²) in [6.45, 7) is 4.60. The quantitative estimate of drug-likeness (QED) is 0.871. The number of carbonyl (C=O) groups excluding carboxylic acids is 2. The second-order valence-electron chi connectivity index (χ2n) is 7.64. The molecule has 1 aromatic rings. The number of aromatic hydroxyl groups is 1. The van der Waals surface area contributed by atoms with Crippen LogP contribution in [0.25, 0.3) is 0 Å². The van der Waals surface area contributed by atoms with Gasteiger partial charge < -0.3 is 19.8 Å². The molecule has 0 spiro atoms. The lowest BCUT2D eigenvalue weighted by Gasteiger charge is -2.34. The smallest absolute Gasteiger partial charge is 0.257 e. The summed E-state index contributed by atoms with van der Waals surface area (Å²) >= 11 is 0. The van der Waals surface area contributed by atoms with Crippen molar-refractivity contribution in [3.63, 3.8) is 0 Å². The van der Waals surface area contributed by atoms with E-state index < -0.39 is 5.82 Å². The highest BCUT2D eigenvalue weighted by Crippen LogP contribution is 2.26. The number of piperidine rings is 1. The van der Waals surface area contributed by atoms with Crippen LogP contribution >= 0.6 is 0 Å². The second-order valence-corrected chi connectivity index (χ2v) is 7.64. The Kier molecular flexibility index (Phi) is 6.31. The number of nitrogens with zero attached hydrogens (tertiary/aromatic N) is 3. The van der Waals surface area contributed by atoms with Crippen molar-refractivity contribution in [2.75, 3.05) is 46.3 Å². The van der Waals surface area contributed by atoms with Crippen LogP contribution in [-0.2, 0) is 4.79 Å². The van der Waals surface area contributed by atoms with Crippen LogP contribution in [0.1, 0.15) is 36.0 Å². The number of phenolic OH excluding ortho intramolecular Hbond substituents is 1. The summed E-state index contributed by atoms with van der Waals surface area (Å²) in [5.41, 5.74) is 0.130. The maximum Gasteiger partial charge on any atom is 0.257 e. The number of piperazine rings is 1. The van der Waals surface area contributed by atoms with Crippen LogP contribution in [0, 0.1) is 11.7 Å². The first-order valence-corrected chi connectivity index (χ1v) is 9.68. The molecule has 3 rings (SSSR count). The number of halogens is 1. The summed E-state index contributed by atoms with van der Waals surface area (Å²) in [5.74, 6) is -0.692. The van der Waals surface area contributed by atoms with Crippen molar-refractivity contribution in [1.29, 1.82) is 0 Å². The minimum atomic E-state index is -0.567. The summed E-state index contributed by atoms with van der Waals surface area (Å²) in [6.07, 6.45) is 3.15. The van der Waals surface area contributed by atoms with Crippen molar-refractivity contribution in [3.05, 3.63) is 29.6 Å². The molecule has 6 nitrogen and oxygen atoms in total. The van der Waals surface area contributed by atoms with Crippen LogP contribution in [0.3, 0.4) is 0 Å². The van der Waals surface area contributed by atoms with E-state index in [2.05, 4.69) is 11.9 Å². The van der Waals surface area contributed by atoms with E-state index in [9.17, 15) is 19.1 Å². The minimum Gasteiger partial charge on any atom is -0.507 e. The summed E-state index contributed by atoms with van der Waals surface area (Å²) in [6, 6.07) is 3.47. The third-order valence-electron chi connectivity index (χ3n) is 5.62. The van der Waals surface area contributed by atoms with Crippen LogP contribution in [-0.4, -0.2) is 77.9 Å². The molecule has 2 saturated heterocycles. The average molecular weight is 377 g/mol. The zero-order valence-corrected chi connectivity index (χ0v) is 15.9. The van der Waals surface area contributed by atoms with E-state index in [-0.39, 0.29) is 29.0 Å². The maximum absolute atomic E-state index is 13.1. The summed E-state index contributed by atoms with van der Waals surface area (Å²) < 4.78 is 13.1. The van der Waals surface area contributed by atoms with Crippen molar-refractivity contribution in [2.45, 2.75) is 25.7 Å². The van der Waals surface area contributed by atoms with E-state index >= 15 is 0 Å². The Balaban J connectivity index is 1.51. The molecule has 2 aliphatic heterocycles. The van der Waals surface area contributed by atoms with Gasteiger partial charge in [-0.05, 0) is 44.4 Å². The molecule has 7 heteroatoms. The molecule has 0 radical (unpaired) electrons. The zero-order chi connectivity index (χ0) is 19.4. The molecule has 0 bridgehead atoms. The number of hydrogen-bond acceptors (Lipinski definition) is 4. The van der Waals surface area contributed by atoms with Crippen molar-refractivity contribution < 1.29 is 19.1 Å². The lowest BCUT2D eigenvalue weighted by atomic mass is 9.92. The molecule has 2 heterocycles. The number of rotatable bonds is 4. The highest BCUT2D eigenvalue weighted by atomic mass is 19.1. The Hall–Kier alpha value is -2.15. The molecular formula is C20H28FN3O3. The number of hydrogen-bond donors (Lipinski definition) is 1. The largest absolute Gasteiger partial charge is 0.507 e. The molecule has 1 N–H and O–H groups in total. The lowest BCUT2D eigenvalue weighted by Crippen LogP contribution is -2.47. The van der Waals surface area contributed by atoms with Gasteiger partial charge in [-0.25, -0.2) is 4.39 Å². The Morgan fingerprint density at radius 3 is 2.59 bits per heavy atom. The molecule has 0 saturated carbocycles. The van der Waals surface area contributed by atoms with Gasteiger partial charge in [0.1, 0.15) is 11.6 Å². The van der Waals surface area contributed by atoms with Crippen molar-refractivity contribution in [3.8, 4) is 5.75 Å². The van der Waals surface area contributed by atoms with E-state index in [0.717, 1.165) is 51.5 Å². The maximum atomic E-state index is 13.1. The average Bonchev–Trinajstić information content (AvgIpc) is 2.66. The molecule has 2 fully saturated rings. The van der Waals surface area contributed by atoms with Gasteiger partial charge in [0.05, 0.1) is 5.56 Å². The molecule has 2 aliphatic rings. The molecular weight excluding hydrogens is 349 g/mol. The third-order valence-corrected chi connectivity index (χ3v) is 5.62. The van der Waals surface area contributed by atoms with Crippen LogP contribution in [0.2, 0.25) is 0 Å². The fourth-order valence-electron chi connectivity index (χ4n) is 3.88. The van der Waals surface area contributed by atoms with Crippen LogP contribution < -0.4 is 0 Å². The molecule has 1 aromatic carbocycles. The van der Waals surface area contributed by atoms with Crippen molar-refractivity contribution in [2.24, 2.45) is 5.92 Å². The first-order chi connectivity index (χ1) is 12.9. The predicted molar refractivity (Wildman–Crippen MR) is 100 cm³/mol. The van der Waals surface area contributed by atoms with E-state index in [1.807, 2.05) is 4.90 Å². The molecule has 0 aliphatic carbocycles. The zero-order valence-electron chi connectivity index (χ0n) is 15.9. The summed E-state index contributed by atoms with van der Waals surface area (Å²) in [7, 11) is 2.06. The number of benzene rings is 1. The SMILES string of the molecule is CN1CCN(C(=O)CCC2CCCN(C(=O)c3ccc(F)cc3O)C2)CC1. The number of carbonyl (C=O) groups is 2. The Morgan fingerprint density at radius 1 is 1.15 bits per heavy atom. The van der Waals surface area contributed by atoms with Gasteiger partial charge in [0, 0.05) is 51.8 Å². The minimum absolute atomic E-state index is 0.130. The van der Waals surface area contributed by atoms with Gasteiger partial charge in [0.25, 0.3) is 5.91 Å². The van der Waals surface area contributed by atoms with E-state index in [1.54, 1.807) is 4.90 Å². The highest BCUT2D eigenvalue weighted by molar-refractivity contribution is 5.96. The van der Waals surface area contributed by atoms with Crippen LogP contribution in [0.4, 0.5) is 4.39 Å². The highest BCUT2D eigenvalue weighted by Gasteiger charge is 2.27. The van der Waals surface area contributed by atoms with Gasteiger partial charge in [-0.15, -0.1) is 0 Å². The van der Waals surface area contributed by atoms with Gasteiger partial charge in [0.15, 0.2) is 0 Å². The molecule has 0 aromatic heterocycles. The first kappa shape index (κ1) is 19.6. The van der Waals surface area contributed by atoms with Gasteiger partial charge in [-0.3, -0.25) is 9.59 Å². The standard InChI is InChI=1S/C20H28FN3O3/c1-22-9-11-23(12-10-22)19(26)7-4-15-3-2-8-24(14-15)20(27)17-6-5-16(21)13-18(17)25/h5-6,13,15,25H,2-4,7-12,14H2,1H3. The van der Waals surface area contributed by atoms with Gasteiger partial charge in [-0.1, -0.05) is 0 Å². The Morgan fingerprint density at radius 2 is 1.89 bits per heavy atom. The number of likely N-dealkylation sites (N-methyl/N-ethyl adjacent to an activating group) is 1. The van der Waals surface area contributed by atoms with Crippen LogP contribution in [0.15, 0.2) is 18.2 Å². The summed E-state index contributed by atoms with van der Waals surface area (Å²) in [4.78, 5) is 30.9. The molecule has 148 valence electrons. The number of phenols is 1. The van der Waals surface area contributed by atoms with E-state index in [1.165, 1.54) is 12.1 Å². The topological polar surface area (TPSA) is 64.1 Å². The van der Waals surface area contributed by atoms with Crippen molar-refractivity contribution in [1.82, 2.24) is 14.7 Å². The first-order valence-electron chi connectivity index (χ1n) is 9.68. The Bertz CT molecular complexity index is 689. The van der Waals surface area contributed by atoms with Crippen LogP contribution in [0.5, 0.6) is 5.75 Å². The lowest BCUT2D eigenvalue weighted by molar-refractivity contribution is -0.133. The molecule has 2 amide bonds. The monoisotopic (exact) mass is 377 g/mol. The third kappa shape index (κ3) is 4.97. The molecule has 1 unspecified atom stereocenters. The normalized spacial score (nSPS) is 21.3. The van der Waals surface area contributed by atoms with E-state index in [4.69, 9.17) is 0 Å².